The molecule has 7 heteroatoms. The molecule has 0 unspecified atom stereocenters. The quantitative estimate of drug-likeness (QED) is 0.755. The van der Waals surface area contributed by atoms with Crippen molar-refractivity contribution in [1.82, 2.24) is 19.5 Å². The van der Waals surface area contributed by atoms with Crippen LogP contribution in [-0.2, 0) is 16.4 Å². The molecule has 0 amide bonds. The van der Waals surface area contributed by atoms with Crippen molar-refractivity contribution in [3.8, 4) is 0 Å². The molecule has 6 nitrogen and oxygen atoms in total. The zero-order valence-corrected chi connectivity index (χ0v) is 13.3. The molecule has 0 atom stereocenters. The number of sulfonamides is 1. The number of nitrogens with zero attached hydrogens (tertiary/aromatic N) is 3. The van der Waals surface area contributed by atoms with Crippen LogP contribution in [0.1, 0.15) is 5.69 Å². The van der Waals surface area contributed by atoms with E-state index in [0.717, 1.165) is 38.4 Å². The van der Waals surface area contributed by atoms with Gasteiger partial charge in [0.1, 0.15) is 0 Å². The zero-order valence-electron chi connectivity index (χ0n) is 12.5. The molecular formula is C14H24N4O2S. The van der Waals surface area contributed by atoms with Crippen molar-refractivity contribution in [2.75, 3.05) is 52.1 Å². The summed E-state index contributed by atoms with van der Waals surface area (Å²) in [5, 5.41) is 3.29. The lowest BCUT2D eigenvalue weighted by Crippen LogP contribution is -2.46. The Hall–Kier alpha value is -1.02. The summed E-state index contributed by atoms with van der Waals surface area (Å²) in [6, 6.07) is 5.57. The van der Waals surface area contributed by atoms with E-state index in [0.29, 0.717) is 13.0 Å². The number of aromatic nitrogens is 1. The lowest BCUT2D eigenvalue weighted by Gasteiger charge is -2.28. The summed E-state index contributed by atoms with van der Waals surface area (Å²) >= 11 is 0. The van der Waals surface area contributed by atoms with E-state index in [4.69, 9.17) is 0 Å². The first-order chi connectivity index (χ1) is 10.1. The molecule has 0 radical (unpaired) electrons. The second-order valence-corrected chi connectivity index (χ2v) is 7.50. The molecule has 1 aromatic heterocycles. The normalized spacial score (nSPS) is 17.2. The van der Waals surface area contributed by atoms with Gasteiger partial charge < -0.3 is 5.32 Å². The van der Waals surface area contributed by atoms with Crippen LogP contribution in [0.2, 0.25) is 0 Å². The minimum Gasteiger partial charge on any atom is -0.314 e. The Morgan fingerprint density at radius 3 is 2.76 bits per heavy atom. The topological polar surface area (TPSA) is 65.5 Å². The highest BCUT2D eigenvalue weighted by Gasteiger charge is 2.19. The van der Waals surface area contributed by atoms with Crippen molar-refractivity contribution in [2.45, 2.75) is 6.42 Å². The largest absolute Gasteiger partial charge is 0.314 e. The Balaban J connectivity index is 1.78. The van der Waals surface area contributed by atoms with Gasteiger partial charge in [-0.2, -0.15) is 0 Å². The van der Waals surface area contributed by atoms with E-state index in [-0.39, 0.29) is 5.75 Å². The molecule has 1 aromatic rings. The highest BCUT2D eigenvalue weighted by Crippen LogP contribution is 2.04. The third-order valence-electron chi connectivity index (χ3n) is 3.76. The lowest BCUT2D eigenvalue weighted by atomic mass is 10.3. The van der Waals surface area contributed by atoms with Gasteiger partial charge in [-0.05, 0) is 12.1 Å². The molecule has 21 heavy (non-hydrogen) atoms. The van der Waals surface area contributed by atoms with Crippen molar-refractivity contribution in [3.05, 3.63) is 30.1 Å². The zero-order chi connectivity index (χ0) is 15.1. The van der Waals surface area contributed by atoms with E-state index in [1.165, 1.54) is 4.31 Å². The van der Waals surface area contributed by atoms with Crippen LogP contribution in [0.15, 0.2) is 24.4 Å². The maximum Gasteiger partial charge on any atom is 0.214 e. The number of piperazine rings is 1. The van der Waals surface area contributed by atoms with Crippen molar-refractivity contribution >= 4 is 10.0 Å². The maximum atomic E-state index is 12.2. The molecule has 0 spiro atoms. The third kappa shape index (κ3) is 5.35. The summed E-state index contributed by atoms with van der Waals surface area (Å²) < 4.78 is 26.0. The van der Waals surface area contributed by atoms with Gasteiger partial charge in [0.2, 0.25) is 10.0 Å². The highest BCUT2D eigenvalue weighted by atomic mass is 32.2. The van der Waals surface area contributed by atoms with Gasteiger partial charge in [-0.3, -0.25) is 9.88 Å². The fourth-order valence-corrected chi connectivity index (χ4v) is 3.43. The SMILES string of the molecule is CN(CCN1CCNCC1)S(=O)(=O)CCc1ccccn1. The summed E-state index contributed by atoms with van der Waals surface area (Å²) in [6.07, 6.45) is 2.15. The Morgan fingerprint density at radius 1 is 1.33 bits per heavy atom. The summed E-state index contributed by atoms with van der Waals surface area (Å²) in [7, 11) is -1.55. The van der Waals surface area contributed by atoms with Crippen LogP contribution in [0.5, 0.6) is 0 Å². The number of aryl methyl sites for hydroxylation is 1. The fraction of sp³-hybridized carbons (Fsp3) is 0.643. The Morgan fingerprint density at radius 2 is 2.10 bits per heavy atom. The minimum absolute atomic E-state index is 0.113. The Kier molecular flexibility index (Phi) is 6.10. The van der Waals surface area contributed by atoms with Crippen LogP contribution in [0.25, 0.3) is 0 Å². The first-order valence-electron chi connectivity index (χ1n) is 7.35. The van der Waals surface area contributed by atoms with Gasteiger partial charge in [0.15, 0.2) is 0 Å². The molecule has 1 fully saturated rings. The summed E-state index contributed by atoms with van der Waals surface area (Å²) in [6.45, 7) is 5.28. The van der Waals surface area contributed by atoms with Crippen LogP contribution in [-0.4, -0.2) is 74.7 Å². The second kappa shape index (κ2) is 7.84. The van der Waals surface area contributed by atoms with E-state index in [2.05, 4.69) is 15.2 Å². The molecule has 0 aliphatic carbocycles. The van der Waals surface area contributed by atoms with Crippen LogP contribution in [0, 0.1) is 0 Å². The standard InChI is InChI=1S/C14H24N4O2S/c1-17(11-12-18-9-7-15-8-10-18)21(19,20)13-5-14-4-2-3-6-16-14/h2-4,6,15H,5,7-13H2,1H3. The van der Waals surface area contributed by atoms with Crippen LogP contribution < -0.4 is 5.32 Å². The maximum absolute atomic E-state index is 12.2. The van der Waals surface area contributed by atoms with E-state index in [1.54, 1.807) is 13.2 Å². The van der Waals surface area contributed by atoms with Gasteiger partial charge in [0.05, 0.1) is 5.75 Å². The first kappa shape index (κ1) is 16.4. The molecule has 0 bridgehead atoms. The molecule has 1 saturated heterocycles. The molecule has 1 N–H and O–H groups in total. The van der Waals surface area contributed by atoms with E-state index >= 15 is 0 Å². The van der Waals surface area contributed by atoms with Crippen LogP contribution in [0.3, 0.4) is 0 Å². The molecule has 2 heterocycles. The molecule has 2 rings (SSSR count). The first-order valence-corrected chi connectivity index (χ1v) is 8.96. The predicted molar refractivity (Wildman–Crippen MR) is 83.7 cm³/mol. The lowest BCUT2D eigenvalue weighted by molar-refractivity contribution is 0.229. The molecule has 118 valence electrons. The number of rotatable bonds is 7. The number of pyridine rings is 1. The van der Waals surface area contributed by atoms with Crippen molar-refractivity contribution in [3.63, 3.8) is 0 Å². The summed E-state index contributed by atoms with van der Waals surface area (Å²) in [4.78, 5) is 6.46. The summed E-state index contributed by atoms with van der Waals surface area (Å²) in [5.74, 6) is 0.113. The van der Waals surface area contributed by atoms with Crippen molar-refractivity contribution in [1.29, 1.82) is 0 Å². The number of nitrogens with one attached hydrogen (secondary N) is 1. The smallest absolute Gasteiger partial charge is 0.214 e. The van der Waals surface area contributed by atoms with Crippen LogP contribution in [0.4, 0.5) is 0 Å². The fourth-order valence-electron chi connectivity index (χ4n) is 2.29. The monoisotopic (exact) mass is 312 g/mol. The Labute approximate surface area is 127 Å². The highest BCUT2D eigenvalue weighted by molar-refractivity contribution is 7.89. The van der Waals surface area contributed by atoms with Gasteiger partial charge in [-0.25, -0.2) is 12.7 Å². The average molecular weight is 312 g/mol. The van der Waals surface area contributed by atoms with Gasteiger partial charge in [0.25, 0.3) is 0 Å². The molecule has 1 aliphatic rings. The summed E-state index contributed by atoms with van der Waals surface area (Å²) in [5.41, 5.74) is 0.816. The molecule has 0 aromatic carbocycles. The third-order valence-corrected chi connectivity index (χ3v) is 5.61. The van der Waals surface area contributed by atoms with E-state index in [9.17, 15) is 8.42 Å². The predicted octanol–water partition coefficient (Wildman–Crippen LogP) is -0.209. The number of hydrogen-bond donors (Lipinski definition) is 1. The second-order valence-electron chi connectivity index (χ2n) is 5.30. The van der Waals surface area contributed by atoms with E-state index in [1.807, 2.05) is 18.2 Å². The van der Waals surface area contributed by atoms with Crippen LogP contribution >= 0.6 is 0 Å². The van der Waals surface area contributed by atoms with E-state index < -0.39 is 10.0 Å². The van der Waals surface area contributed by atoms with Gasteiger partial charge >= 0.3 is 0 Å². The number of hydrogen-bond acceptors (Lipinski definition) is 5. The Bertz CT molecular complexity index is 515. The minimum atomic E-state index is -3.21. The molecule has 0 saturated carbocycles. The van der Waals surface area contributed by atoms with Gasteiger partial charge in [-0.15, -0.1) is 0 Å². The molecule has 1 aliphatic heterocycles. The number of likely N-dealkylation sites (N-methyl/N-ethyl adjacent to an activating group) is 1. The van der Waals surface area contributed by atoms with Crippen molar-refractivity contribution < 1.29 is 8.42 Å². The van der Waals surface area contributed by atoms with Crippen molar-refractivity contribution in [2.24, 2.45) is 0 Å². The van der Waals surface area contributed by atoms with Gasteiger partial charge in [0, 0.05) is 64.6 Å². The average Bonchev–Trinajstić information content (AvgIpc) is 2.52. The van der Waals surface area contributed by atoms with Gasteiger partial charge in [-0.1, -0.05) is 6.07 Å². The molecular weight excluding hydrogens is 288 g/mol.